The van der Waals surface area contributed by atoms with Crippen molar-refractivity contribution in [3.8, 4) is 16.8 Å². The van der Waals surface area contributed by atoms with Crippen LogP contribution in [0.5, 0.6) is 0 Å². The lowest BCUT2D eigenvalue weighted by Crippen LogP contribution is -2.34. The topological polar surface area (TPSA) is 98.5 Å². The summed E-state index contributed by atoms with van der Waals surface area (Å²) in [5.74, 6) is -0.0257. The van der Waals surface area contributed by atoms with Gasteiger partial charge in [-0.3, -0.25) is 14.8 Å². The molecule has 0 fully saturated rings. The van der Waals surface area contributed by atoms with E-state index < -0.39 is 5.82 Å². The zero-order valence-corrected chi connectivity index (χ0v) is 19.7. The maximum atomic E-state index is 13.6. The van der Waals surface area contributed by atoms with Crippen molar-refractivity contribution in [2.45, 2.75) is 39.2 Å². The summed E-state index contributed by atoms with van der Waals surface area (Å²) in [5, 5.41) is 15.2. The molecule has 4 rings (SSSR count). The summed E-state index contributed by atoms with van der Waals surface area (Å²) in [5.41, 5.74) is 2.99. The van der Waals surface area contributed by atoms with E-state index in [0.717, 1.165) is 5.69 Å². The van der Waals surface area contributed by atoms with Crippen molar-refractivity contribution < 1.29 is 9.18 Å². The van der Waals surface area contributed by atoms with Gasteiger partial charge in [-0.25, -0.2) is 4.39 Å². The molecule has 0 aliphatic rings. The highest BCUT2D eigenvalue weighted by molar-refractivity contribution is 6.33. The minimum atomic E-state index is -0.441. The average Bonchev–Trinajstić information content (AvgIpc) is 3.30. The Bertz CT molecular complexity index is 1310. The number of benzene rings is 2. The predicted octanol–water partition coefficient (Wildman–Crippen LogP) is 4.40. The normalized spacial score (nSPS) is 12.1. The van der Waals surface area contributed by atoms with E-state index in [9.17, 15) is 9.18 Å². The van der Waals surface area contributed by atoms with Crippen molar-refractivity contribution in [2.24, 2.45) is 0 Å². The Kier molecular flexibility index (Phi) is 6.93. The molecule has 2 aromatic heterocycles. The Morgan fingerprint density at radius 1 is 1.15 bits per heavy atom. The molecule has 34 heavy (non-hydrogen) atoms. The van der Waals surface area contributed by atoms with Crippen LogP contribution in [0.25, 0.3) is 16.8 Å². The van der Waals surface area contributed by atoms with Gasteiger partial charge >= 0.3 is 0 Å². The van der Waals surface area contributed by atoms with Gasteiger partial charge in [0.2, 0.25) is 0 Å². The minimum absolute atomic E-state index is 0.0531. The highest BCUT2D eigenvalue weighted by atomic mass is 35.5. The van der Waals surface area contributed by atoms with E-state index in [0.29, 0.717) is 34.6 Å². The van der Waals surface area contributed by atoms with Crippen LogP contribution in [0, 0.1) is 5.82 Å². The van der Waals surface area contributed by atoms with Gasteiger partial charge in [-0.15, -0.1) is 5.10 Å². The second kappa shape index (κ2) is 10.0. The first-order valence-corrected chi connectivity index (χ1v) is 11.1. The number of hydrogen-bond acceptors (Lipinski definition) is 6. The Hall–Kier alpha value is -3.72. The lowest BCUT2D eigenvalue weighted by Gasteiger charge is -2.16. The molecule has 2 aromatic carbocycles. The second-order valence-electron chi connectivity index (χ2n) is 8.27. The molecule has 1 atom stereocenters. The third-order valence-electron chi connectivity index (χ3n) is 5.19. The third kappa shape index (κ3) is 5.26. The third-order valence-corrected chi connectivity index (χ3v) is 5.50. The van der Waals surface area contributed by atoms with Gasteiger partial charge in [0.25, 0.3) is 5.91 Å². The summed E-state index contributed by atoms with van der Waals surface area (Å²) in [6.07, 6.45) is 5.42. The maximum Gasteiger partial charge on any atom is 0.251 e. The molecule has 1 unspecified atom stereocenters. The van der Waals surface area contributed by atoms with Gasteiger partial charge in [0, 0.05) is 48.1 Å². The second-order valence-corrected chi connectivity index (χ2v) is 8.68. The lowest BCUT2D eigenvalue weighted by atomic mass is 10.0. The van der Waals surface area contributed by atoms with Gasteiger partial charge in [0.15, 0.2) is 5.82 Å². The Morgan fingerprint density at radius 3 is 2.68 bits per heavy atom. The quantitative estimate of drug-likeness (QED) is 0.422. The van der Waals surface area contributed by atoms with E-state index >= 15 is 0 Å². The summed E-state index contributed by atoms with van der Waals surface area (Å²) in [7, 11) is 0. The van der Waals surface area contributed by atoms with E-state index in [4.69, 9.17) is 11.6 Å². The number of nitrogens with zero attached hydrogens (tertiary/aromatic N) is 6. The standard InChI is InChI=1S/C24H23ClFN7O/c1-14(2)23-30-31-32-33(23)20-10-16(21-5-4-18(26)12-22(21)25)9-17(11-20)24(34)29-15(3)8-19-13-27-6-7-28-19/h4-7,9-15H,8H2,1-3H3,(H,29,34). The molecule has 0 bridgehead atoms. The van der Waals surface area contributed by atoms with Crippen molar-refractivity contribution in [2.75, 3.05) is 0 Å². The SMILES string of the molecule is CC(Cc1cnccn1)NC(=O)c1cc(-c2ccc(F)cc2Cl)cc(-n2nnnc2C(C)C)c1. The first-order valence-electron chi connectivity index (χ1n) is 10.8. The fraction of sp³-hybridized carbons (Fsp3) is 0.250. The van der Waals surface area contributed by atoms with Crippen LogP contribution in [0.3, 0.4) is 0 Å². The minimum Gasteiger partial charge on any atom is -0.349 e. The monoisotopic (exact) mass is 479 g/mol. The molecule has 0 radical (unpaired) electrons. The highest BCUT2D eigenvalue weighted by Crippen LogP contribution is 2.31. The average molecular weight is 480 g/mol. The molecule has 1 amide bonds. The van der Waals surface area contributed by atoms with Gasteiger partial charge in [-0.2, -0.15) is 4.68 Å². The lowest BCUT2D eigenvalue weighted by molar-refractivity contribution is 0.0940. The number of hydrogen-bond donors (Lipinski definition) is 1. The Morgan fingerprint density at radius 2 is 1.97 bits per heavy atom. The molecule has 0 aliphatic carbocycles. The van der Waals surface area contributed by atoms with Gasteiger partial charge in [-0.1, -0.05) is 25.4 Å². The van der Waals surface area contributed by atoms with E-state index in [2.05, 4.69) is 30.8 Å². The van der Waals surface area contributed by atoms with Crippen molar-refractivity contribution in [3.63, 3.8) is 0 Å². The zero-order chi connectivity index (χ0) is 24.2. The fourth-order valence-electron chi connectivity index (χ4n) is 3.59. The molecule has 174 valence electrons. The molecule has 2 heterocycles. The van der Waals surface area contributed by atoms with E-state index in [1.807, 2.05) is 26.8 Å². The molecular formula is C24H23ClFN7O. The molecule has 1 N–H and O–H groups in total. The van der Waals surface area contributed by atoms with E-state index in [1.165, 1.54) is 12.1 Å². The van der Waals surface area contributed by atoms with Crippen LogP contribution >= 0.6 is 11.6 Å². The first-order chi connectivity index (χ1) is 16.3. The molecule has 0 aliphatic heterocycles. The molecule has 8 nitrogen and oxygen atoms in total. The van der Waals surface area contributed by atoms with Crippen LogP contribution in [-0.2, 0) is 6.42 Å². The summed E-state index contributed by atoms with van der Waals surface area (Å²) >= 11 is 6.33. The van der Waals surface area contributed by atoms with E-state index in [-0.39, 0.29) is 22.9 Å². The van der Waals surface area contributed by atoms with E-state index in [1.54, 1.807) is 41.5 Å². The Balaban J connectivity index is 1.72. The number of rotatable bonds is 7. The predicted molar refractivity (Wildman–Crippen MR) is 126 cm³/mol. The number of nitrogens with one attached hydrogen (secondary N) is 1. The van der Waals surface area contributed by atoms with Gasteiger partial charge in [0.05, 0.1) is 16.4 Å². The number of aromatic nitrogens is 6. The van der Waals surface area contributed by atoms with Gasteiger partial charge in [0.1, 0.15) is 5.82 Å². The Labute approximate surface area is 201 Å². The maximum absolute atomic E-state index is 13.6. The summed E-state index contributed by atoms with van der Waals surface area (Å²) in [6, 6.07) is 9.21. The van der Waals surface area contributed by atoms with Crippen molar-refractivity contribution in [1.82, 2.24) is 35.5 Å². The van der Waals surface area contributed by atoms with Crippen molar-refractivity contribution in [1.29, 1.82) is 0 Å². The van der Waals surface area contributed by atoms with Crippen LogP contribution in [0.15, 0.2) is 55.0 Å². The van der Waals surface area contributed by atoms with Crippen LogP contribution in [-0.4, -0.2) is 42.1 Å². The number of halogens is 2. The van der Waals surface area contributed by atoms with Crippen molar-refractivity contribution in [3.05, 3.63) is 82.9 Å². The van der Waals surface area contributed by atoms with Crippen molar-refractivity contribution >= 4 is 17.5 Å². The molecule has 4 aromatic rings. The zero-order valence-electron chi connectivity index (χ0n) is 18.9. The summed E-state index contributed by atoms with van der Waals surface area (Å²) in [4.78, 5) is 21.5. The number of tetrazole rings is 1. The van der Waals surface area contributed by atoms with Crippen LogP contribution in [0.4, 0.5) is 4.39 Å². The summed E-state index contributed by atoms with van der Waals surface area (Å²) in [6.45, 7) is 5.85. The fourth-order valence-corrected chi connectivity index (χ4v) is 3.87. The van der Waals surface area contributed by atoms with Crippen LogP contribution < -0.4 is 5.32 Å². The molecule has 0 saturated heterocycles. The molecule has 10 heteroatoms. The summed E-state index contributed by atoms with van der Waals surface area (Å²) < 4.78 is 15.2. The van der Waals surface area contributed by atoms with Crippen LogP contribution in [0.1, 0.15) is 48.6 Å². The molecular weight excluding hydrogens is 457 g/mol. The number of amides is 1. The molecule has 0 spiro atoms. The van der Waals surface area contributed by atoms with Gasteiger partial charge in [-0.05, 0) is 59.3 Å². The highest BCUT2D eigenvalue weighted by Gasteiger charge is 2.18. The van der Waals surface area contributed by atoms with Crippen LogP contribution in [0.2, 0.25) is 5.02 Å². The number of carbonyl (C=O) groups is 1. The largest absolute Gasteiger partial charge is 0.349 e. The first kappa shape index (κ1) is 23.4. The smallest absolute Gasteiger partial charge is 0.251 e. The van der Waals surface area contributed by atoms with Gasteiger partial charge < -0.3 is 5.32 Å². The number of carbonyl (C=O) groups excluding carboxylic acids is 1. The molecule has 0 saturated carbocycles.